The molecule has 2 aromatic carbocycles. The average Bonchev–Trinajstić information content (AvgIpc) is 2.65. The van der Waals surface area contributed by atoms with Crippen LogP contribution in [0, 0.1) is 10.1 Å². The predicted octanol–water partition coefficient (Wildman–Crippen LogP) is 2.48. The first-order chi connectivity index (χ1) is 12.0. The Hall–Kier alpha value is -2.93. The van der Waals surface area contributed by atoms with E-state index in [0.29, 0.717) is 13.0 Å². The second kappa shape index (κ2) is 8.79. The van der Waals surface area contributed by atoms with Gasteiger partial charge in [0.1, 0.15) is 11.8 Å². The molecule has 0 aliphatic rings. The van der Waals surface area contributed by atoms with Crippen LogP contribution in [-0.2, 0) is 22.5 Å². The fraction of sp³-hybridized carbons (Fsp3) is 0.278. The van der Waals surface area contributed by atoms with Crippen molar-refractivity contribution >= 4 is 11.7 Å². The molecular weight excluding hydrogens is 324 g/mol. The van der Waals surface area contributed by atoms with Crippen molar-refractivity contribution in [2.75, 3.05) is 14.2 Å². The molecule has 0 aromatic heterocycles. The van der Waals surface area contributed by atoms with Gasteiger partial charge in [-0.2, -0.15) is 0 Å². The van der Waals surface area contributed by atoms with E-state index in [1.54, 1.807) is 19.2 Å². The van der Waals surface area contributed by atoms with Crippen LogP contribution in [0.4, 0.5) is 5.69 Å². The number of hydrogen-bond acceptors (Lipinski definition) is 6. The van der Waals surface area contributed by atoms with Gasteiger partial charge in [-0.1, -0.05) is 24.3 Å². The highest BCUT2D eigenvalue weighted by Crippen LogP contribution is 2.15. The van der Waals surface area contributed by atoms with Crippen LogP contribution in [0.3, 0.4) is 0 Å². The van der Waals surface area contributed by atoms with Crippen LogP contribution in [0.2, 0.25) is 0 Å². The molecule has 25 heavy (non-hydrogen) atoms. The largest absolute Gasteiger partial charge is 0.497 e. The van der Waals surface area contributed by atoms with Gasteiger partial charge in [0.05, 0.1) is 19.1 Å². The second-order valence-electron chi connectivity index (χ2n) is 5.43. The molecule has 0 bridgehead atoms. The number of rotatable bonds is 8. The van der Waals surface area contributed by atoms with Crippen molar-refractivity contribution in [2.24, 2.45) is 0 Å². The molecule has 2 rings (SSSR count). The Balaban J connectivity index is 2.02. The molecule has 7 heteroatoms. The number of hydrogen-bond donors (Lipinski definition) is 1. The number of esters is 1. The summed E-state index contributed by atoms with van der Waals surface area (Å²) >= 11 is 0. The third-order valence-electron chi connectivity index (χ3n) is 3.78. The van der Waals surface area contributed by atoms with E-state index in [2.05, 4.69) is 5.32 Å². The number of carbonyl (C=O) groups excluding carboxylic acids is 1. The standard InChI is InChI=1S/C18H20N2O5/c1-24-16-9-5-14(6-10-16)12-19-17(18(21)25-2)11-13-3-7-15(8-4-13)20(22)23/h3-10,17,19H,11-12H2,1-2H3/t17-/m1/s1. The van der Waals surface area contributed by atoms with E-state index in [1.165, 1.54) is 19.2 Å². The number of non-ortho nitro benzene ring substituents is 1. The number of nitrogens with one attached hydrogen (secondary N) is 1. The maximum Gasteiger partial charge on any atom is 0.323 e. The molecule has 0 radical (unpaired) electrons. The molecule has 0 unspecified atom stereocenters. The molecular formula is C18H20N2O5. The maximum absolute atomic E-state index is 12.0. The third kappa shape index (κ3) is 5.29. The minimum Gasteiger partial charge on any atom is -0.497 e. The lowest BCUT2D eigenvalue weighted by Gasteiger charge is -2.17. The van der Waals surface area contributed by atoms with Gasteiger partial charge in [0.25, 0.3) is 5.69 Å². The minimum atomic E-state index is -0.548. The van der Waals surface area contributed by atoms with Gasteiger partial charge in [-0.25, -0.2) is 0 Å². The molecule has 0 fully saturated rings. The lowest BCUT2D eigenvalue weighted by Crippen LogP contribution is -2.39. The van der Waals surface area contributed by atoms with Crippen molar-refractivity contribution in [2.45, 2.75) is 19.0 Å². The van der Waals surface area contributed by atoms with Gasteiger partial charge in [0, 0.05) is 18.7 Å². The van der Waals surface area contributed by atoms with E-state index in [4.69, 9.17) is 9.47 Å². The van der Waals surface area contributed by atoms with Gasteiger partial charge < -0.3 is 14.8 Å². The zero-order chi connectivity index (χ0) is 18.2. The summed E-state index contributed by atoms with van der Waals surface area (Å²) in [5.41, 5.74) is 1.83. The minimum absolute atomic E-state index is 0.0181. The zero-order valence-corrected chi connectivity index (χ0v) is 14.1. The monoisotopic (exact) mass is 344 g/mol. The van der Waals surface area contributed by atoms with Crippen LogP contribution in [0.5, 0.6) is 5.75 Å². The van der Waals surface area contributed by atoms with Gasteiger partial charge in [-0.05, 0) is 29.7 Å². The van der Waals surface area contributed by atoms with E-state index in [1.807, 2.05) is 24.3 Å². The van der Waals surface area contributed by atoms with Gasteiger partial charge in [-0.3, -0.25) is 14.9 Å². The van der Waals surface area contributed by atoms with Crippen molar-refractivity contribution in [3.8, 4) is 5.75 Å². The number of nitro groups is 1. The SMILES string of the molecule is COC(=O)[C@@H](Cc1ccc([N+](=O)[O-])cc1)NCc1ccc(OC)cc1. The highest BCUT2D eigenvalue weighted by molar-refractivity contribution is 5.76. The van der Waals surface area contributed by atoms with Crippen LogP contribution in [-0.4, -0.2) is 31.2 Å². The van der Waals surface area contributed by atoms with Gasteiger partial charge >= 0.3 is 5.97 Å². The van der Waals surface area contributed by atoms with Crippen LogP contribution >= 0.6 is 0 Å². The smallest absolute Gasteiger partial charge is 0.323 e. The Labute approximate surface area is 145 Å². The lowest BCUT2D eigenvalue weighted by molar-refractivity contribution is -0.384. The van der Waals surface area contributed by atoms with E-state index < -0.39 is 11.0 Å². The summed E-state index contributed by atoms with van der Waals surface area (Å²) in [6, 6.07) is 13.1. The van der Waals surface area contributed by atoms with Crippen LogP contribution < -0.4 is 10.1 Å². The van der Waals surface area contributed by atoms with Crippen molar-refractivity contribution in [3.05, 3.63) is 69.8 Å². The Bertz CT molecular complexity index is 713. The van der Waals surface area contributed by atoms with Gasteiger partial charge in [-0.15, -0.1) is 0 Å². The molecule has 0 aliphatic heterocycles. The van der Waals surface area contributed by atoms with Gasteiger partial charge in [0.15, 0.2) is 0 Å². The highest BCUT2D eigenvalue weighted by Gasteiger charge is 2.19. The van der Waals surface area contributed by atoms with E-state index in [9.17, 15) is 14.9 Å². The number of nitrogens with zero attached hydrogens (tertiary/aromatic N) is 1. The van der Waals surface area contributed by atoms with Crippen molar-refractivity contribution < 1.29 is 19.2 Å². The quantitative estimate of drug-likeness (QED) is 0.449. The molecule has 1 N–H and O–H groups in total. The zero-order valence-electron chi connectivity index (χ0n) is 14.1. The van der Waals surface area contributed by atoms with Crippen LogP contribution in [0.15, 0.2) is 48.5 Å². The topological polar surface area (TPSA) is 90.7 Å². The third-order valence-corrected chi connectivity index (χ3v) is 3.78. The maximum atomic E-state index is 12.0. The second-order valence-corrected chi connectivity index (χ2v) is 5.43. The van der Waals surface area contributed by atoms with Gasteiger partial charge in [0.2, 0.25) is 0 Å². The first-order valence-electron chi connectivity index (χ1n) is 7.71. The molecule has 1 atom stereocenters. The Morgan fingerprint density at radius 2 is 1.68 bits per heavy atom. The summed E-state index contributed by atoms with van der Waals surface area (Å²) in [6.45, 7) is 0.483. The molecule has 132 valence electrons. The number of benzene rings is 2. The van der Waals surface area contributed by atoms with Crippen molar-refractivity contribution in [1.82, 2.24) is 5.32 Å². The first-order valence-corrected chi connectivity index (χ1v) is 7.71. The summed E-state index contributed by atoms with van der Waals surface area (Å²) in [4.78, 5) is 22.2. The van der Waals surface area contributed by atoms with Crippen molar-refractivity contribution in [1.29, 1.82) is 0 Å². The summed E-state index contributed by atoms with van der Waals surface area (Å²) in [6.07, 6.45) is 0.376. The Kier molecular flexibility index (Phi) is 6.47. The first kappa shape index (κ1) is 18.4. The van der Waals surface area contributed by atoms with E-state index in [-0.39, 0.29) is 11.7 Å². The van der Waals surface area contributed by atoms with Crippen LogP contribution in [0.25, 0.3) is 0 Å². The number of ether oxygens (including phenoxy) is 2. The fourth-order valence-electron chi connectivity index (χ4n) is 2.35. The summed E-state index contributed by atoms with van der Waals surface area (Å²) < 4.78 is 9.96. The summed E-state index contributed by atoms with van der Waals surface area (Å²) in [7, 11) is 2.94. The normalized spacial score (nSPS) is 11.6. The Morgan fingerprint density at radius 3 is 2.20 bits per heavy atom. The predicted molar refractivity (Wildman–Crippen MR) is 92.4 cm³/mol. The van der Waals surface area contributed by atoms with Crippen LogP contribution in [0.1, 0.15) is 11.1 Å². The summed E-state index contributed by atoms with van der Waals surface area (Å²) in [5.74, 6) is 0.381. The molecule has 0 amide bonds. The fourth-order valence-corrected chi connectivity index (χ4v) is 2.35. The highest BCUT2D eigenvalue weighted by atomic mass is 16.6. The number of nitro benzene ring substituents is 1. The molecule has 0 aliphatic carbocycles. The Morgan fingerprint density at radius 1 is 1.08 bits per heavy atom. The van der Waals surface area contributed by atoms with Crippen molar-refractivity contribution in [3.63, 3.8) is 0 Å². The summed E-state index contributed by atoms with van der Waals surface area (Å²) in [5, 5.41) is 13.9. The molecule has 0 saturated heterocycles. The number of methoxy groups -OCH3 is 2. The number of carbonyl (C=O) groups is 1. The van der Waals surface area contributed by atoms with E-state index >= 15 is 0 Å². The lowest BCUT2D eigenvalue weighted by atomic mass is 10.0. The molecule has 7 nitrogen and oxygen atoms in total. The molecule has 0 saturated carbocycles. The molecule has 0 spiro atoms. The molecule has 0 heterocycles. The molecule has 2 aromatic rings. The average molecular weight is 344 g/mol. The van der Waals surface area contributed by atoms with E-state index in [0.717, 1.165) is 16.9 Å².